The number of aromatic nitrogens is 2. The molecule has 134 valence electrons. The van der Waals surface area contributed by atoms with Crippen LogP contribution in [0.4, 0.5) is 5.69 Å². The maximum Gasteiger partial charge on any atom is 0.329 e. The van der Waals surface area contributed by atoms with Gasteiger partial charge in [-0.2, -0.15) is 0 Å². The van der Waals surface area contributed by atoms with Crippen molar-refractivity contribution >= 4 is 33.2 Å². The fourth-order valence-electron chi connectivity index (χ4n) is 2.78. The summed E-state index contributed by atoms with van der Waals surface area (Å²) in [6.45, 7) is 1.77. The number of esters is 1. The molecule has 1 atom stereocenters. The van der Waals surface area contributed by atoms with Gasteiger partial charge in [0.05, 0.1) is 23.7 Å². The average molecular weight is 373 g/mol. The van der Waals surface area contributed by atoms with Gasteiger partial charge in [0.15, 0.2) is 0 Å². The van der Waals surface area contributed by atoms with E-state index in [-0.39, 0.29) is 11.2 Å². The van der Waals surface area contributed by atoms with Crippen molar-refractivity contribution in [3.05, 3.63) is 56.4 Å². The summed E-state index contributed by atoms with van der Waals surface area (Å²) >= 11 is 1.27. The molecule has 2 aromatic heterocycles. The Morgan fingerprint density at radius 2 is 2.23 bits per heavy atom. The molecule has 3 rings (SSSR count). The molecule has 0 amide bonds. The largest absolute Gasteiger partial charge is 0.467 e. The summed E-state index contributed by atoms with van der Waals surface area (Å²) in [6, 6.07) is 5.29. The number of nitro groups is 1. The van der Waals surface area contributed by atoms with Gasteiger partial charge in [-0.05, 0) is 12.0 Å². The Hall–Kier alpha value is -3.07. The number of nitro benzene ring substituents is 1. The minimum Gasteiger partial charge on any atom is -0.467 e. The van der Waals surface area contributed by atoms with Crippen molar-refractivity contribution in [3.63, 3.8) is 0 Å². The second-order valence-electron chi connectivity index (χ2n) is 5.54. The molecule has 0 aliphatic carbocycles. The van der Waals surface area contributed by atoms with Crippen LogP contribution in [0.5, 0.6) is 0 Å². The minimum absolute atomic E-state index is 0.0629. The van der Waals surface area contributed by atoms with Crippen molar-refractivity contribution in [2.45, 2.75) is 19.4 Å². The molecule has 0 aliphatic heterocycles. The number of nitrogens with zero attached hydrogens (tertiary/aromatic N) is 3. The van der Waals surface area contributed by atoms with E-state index in [2.05, 4.69) is 4.98 Å². The number of benzene rings is 1. The molecule has 0 fully saturated rings. The van der Waals surface area contributed by atoms with E-state index in [4.69, 9.17) is 4.74 Å². The second kappa shape index (κ2) is 7.04. The summed E-state index contributed by atoms with van der Waals surface area (Å²) in [5.41, 5.74) is 0.663. The lowest BCUT2D eigenvalue weighted by Gasteiger charge is -2.15. The SMILES string of the molecule is CC[C@@H](C(=O)OC)n1cnc2scc(-c3cccc([N+](=O)[O-])c3)c2c1=O. The molecule has 0 unspecified atom stereocenters. The number of carbonyl (C=O) groups is 1. The van der Waals surface area contributed by atoms with Gasteiger partial charge in [0.2, 0.25) is 0 Å². The zero-order valence-corrected chi connectivity index (χ0v) is 14.9. The Morgan fingerprint density at radius 3 is 2.88 bits per heavy atom. The van der Waals surface area contributed by atoms with Gasteiger partial charge in [0.25, 0.3) is 11.2 Å². The van der Waals surface area contributed by atoms with Gasteiger partial charge in [-0.25, -0.2) is 9.78 Å². The van der Waals surface area contributed by atoms with Gasteiger partial charge in [-0.15, -0.1) is 11.3 Å². The van der Waals surface area contributed by atoms with Gasteiger partial charge >= 0.3 is 5.97 Å². The summed E-state index contributed by atoms with van der Waals surface area (Å²) in [6.07, 6.45) is 1.71. The van der Waals surface area contributed by atoms with Gasteiger partial charge in [-0.3, -0.25) is 19.5 Å². The van der Waals surface area contributed by atoms with Gasteiger partial charge < -0.3 is 4.74 Å². The molecule has 8 nitrogen and oxygen atoms in total. The quantitative estimate of drug-likeness (QED) is 0.386. The highest BCUT2D eigenvalue weighted by atomic mass is 32.1. The van der Waals surface area contributed by atoms with Crippen molar-refractivity contribution < 1.29 is 14.5 Å². The van der Waals surface area contributed by atoms with Crippen molar-refractivity contribution in [2.75, 3.05) is 7.11 Å². The fourth-order valence-corrected chi connectivity index (χ4v) is 3.69. The molecular weight excluding hydrogens is 358 g/mol. The Morgan fingerprint density at radius 1 is 1.46 bits per heavy atom. The second-order valence-corrected chi connectivity index (χ2v) is 6.40. The van der Waals surface area contributed by atoms with Crippen molar-refractivity contribution in [3.8, 4) is 11.1 Å². The molecule has 0 spiro atoms. The van der Waals surface area contributed by atoms with Crippen molar-refractivity contribution in [2.24, 2.45) is 0 Å². The summed E-state index contributed by atoms with van der Waals surface area (Å²) in [7, 11) is 1.26. The Labute approximate surface area is 151 Å². The van der Waals surface area contributed by atoms with Crippen LogP contribution in [0.3, 0.4) is 0 Å². The van der Waals surface area contributed by atoms with E-state index in [1.165, 1.54) is 41.5 Å². The zero-order valence-electron chi connectivity index (χ0n) is 14.0. The predicted octanol–water partition coefficient (Wildman–Crippen LogP) is 3.16. The van der Waals surface area contributed by atoms with Crippen molar-refractivity contribution in [1.29, 1.82) is 0 Å². The highest BCUT2D eigenvalue weighted by Gasteiger charge is 2.23. The molecule has 0 radical (unpaired) electrons. The normalized spacial score (nSPS) is 12.1. The number of thiophene rings is 1. The van der Waals surface area contributed by atoms with Crippen LogP contribution in [0.25, 0.3) is 21.3 Å². The molecular formula is C17H15N3O5S. The first kappa shape index (κ1) is 17.7. The lowest BCUT2D eigenvalue weighted by molar-refractivity contribution is -0.384. The Bertz CT molecular complexity index is 1060. The number of carbonyl (C=O) groups excluding carboxylic acids is 1. The number of fused-ring (bicyclic) bond motifs is 1. The number of methoxy groups -OCH3 is 1. The topological polar surface area (TPSA) is 104 Å². The molecule has 0 aliphatic rings. The maximum atomic E-state index is 13.0. The van der Waals surface area contributed by atoms with Gasteiger partial charge in [-0.1, -0.05) is 19.1 Å². The van der Waals surface area contributed by atoms with E-state index in [9.17, 15) is 19.7 Å². The molecule has 2 heterocycles. The molecule has 9 heteroatoms. The molecule has 0 bridgehead atoms. The summed E-state index contributed by atoms with van der Waals surface area (Å²) < 4.78 is 6.02. The molecule has 1 aromatic carbocycles. The fraction of sp³-hybridized carbons (Fsp3) is 0.235. The molecule has 0 saturated heterocycles. The first-order valence-corrected chi connectivity index (χ1v) is 8.66. The Balaban J connectivity index is 2.22. The third kappa shape index (κ3) is 2.97. The molecule has 26 heavy (non-hydrogen) atoms. The monoisotopic (exact) mass is 373 g/mol. The lowest BCUT2D eigenvalue weighted by Crippen LogP contribution is -2.30. The summed E-state index contributed by atoms with van der Waals surface area (Å²) in [5.74, 6) is -0.525. The third-order valence-corrected chi connectivity index (χ3v) is 4.97. The van der Waals surface area contributed by atoms with E-state index in [1.54, 1.807) is 24.4 Å². The van der Waals surface area contributed by atoms with Crippen LogP contribution in [0.1, 0.15) is 19.4 Å². The highest BCUT2D eigenvalue weighted by molar-refractivity contribution is 7.17. The molecule has 0 N–H and O–H groups in total. The van der Waals surface area contributed by atoms with Crippen LogP contribution in [-0.4, -0.2) is 27.6 Å². The predicted molar refractivity (Wildman–Crippen MR) is 97.3 cm³/mol. The van der Waals surface area contributed by atoms with Crippen LogP contribution in [0, 0.1) is 10.1 Å². The standard InChI is InChI=1S/C17H15N3O5S/c1-3-13(17(22)25-2)19-9-18-15-14(16(19)21)12(8-26-15)10-5-4-6-11(7-10)20(23)24/h4-9,13H,3H2,1-2H3/t13-/m0/s1. The van der Waals surface area contributed by atoms with Gasteiger partial charge in [0, 0.05) is 23.1 Å². The minimum atomic E-state index is -0.776. The van der Waals surface area contributed by atoms with E-state index >= 15 is 0 Å². The highest BCUT2D eigenvalue weighted by Crippen LogP contribution is 2.32. The first-order valence-electron chi connectivity index (χ1n) is 7.79. The van der Waals surface area contributed by atoms with E-state index in [0.717, 1.165) is 0 Å². The van der Waals surface area contributed by atoms with Crippen LogP contribution in [-0.2, 0) is 9.53 Å². The number of hydrogen-bond donors (Lipinski definition) is 0. The summed E-state index contributed by atoms with van der Waals surface area (Å²) in [4.78, 5) is 40.3. The lowest BCUT2D eigenvalue weighted by atomic mass is 10.1. The van der Waals surface area contributed by atoms with Gasteiger partial charge in [0.1, 0.15) is 10.9 Å². The number of rotatable bonds is 5. The van der Waals surface area contributed by atoms with E-state index in [1.807, 2.05) is 0 Å². The number of ether oxygens (including phenoxy) is 1. The Kier molecular flexibility index (Phi) is 4.81. The summed E-state index contributed by atoms with van der Waals surface area (Å²) in [5, 5.41) is 13.1. The zero-order chi connectivity index (χ0) is 18.8. The van der Waals surface area contributed by atoms with Crippen LogP contribution in [0.2, 0.25) is 0 Å². The smallest absolute Gasteiger partial charge is 0.329 e. The average Bonchev–Trinajstić information content (AvgIpc) is 3.09. The maximum absolute atomic E-state index is 13.0. The van der Waals surface area contributed by atoms with E-state index < -0.39 is 16.9 Å². The number of non-ortho nitro benzene ring substituents is 1. The van der Waals surface area contributed by atoms with Crippen LogP contribution >= 0.6 is 11.3 Å². The van der Waals surface area contributed by atoms with Crippen LogP contribution in [0.15, 0.2) is 40.8 Å². The molecule has 0 saturated carbocycles. The first-order chi connectivity index (χ1) is 12.5. The van der Waals surface area contributed by atoms with Crippen molar-refractivity contribution in [1.82, 2.24) is 9.55 Å². The number of hydrogen-bond acceptors (Lipinski definition) is 7. The third-order valence-electron chi connectivity index (χ3n) is 4.08. The molecule has 3 aromatic rings. The van der Waals surface area contributed by atoms with Crippen LogP contribution < -0.4 is 5.56 Å². The van der Waals surface area contributed by atoms with E-state index in [0.29, 0.717) is 27.8 Å².